The number of para-hydroxylation sites is 2. The van der Waals surface area contributed by atoms with E-state index >= 15 is 0 Å². The van der Waals surface area contributed by atoms with E-state index in [0.29, 0.717) is 6.54 Å². The van der Waals surface area contributed by atoms with Gasteiger partial charge in [-0.3, -0.25) is 4.79 Å². The van der Waals surface area contributed by atoms with E-state index < -0.39 is 18.3 Å². The Kier molecular flexibility index (Phi) is 9.48. The molecule has 2 heterocycles. The van der Waals surface area contributed by atoms with Crippen LogP contribution < -0.4 is 10.6 Å². The van der Waals surface area contributed by atoms with Crippen LogP contribution in [0.3, 0.4) is 0 Å². The first-order valence-corrected chi connectivity index (χ1v) is 14.1. The Bertz CT molecular complexity index is 1490. The van der Waals surface area contributed by atoms with Gasteiger partial charge in [-0.05, 0) is 35.7 Å². The molecule has 3 N–H and O–H groups in total. The number of nitrogens with zero attached hydrogens (tertiary/aromatic N) is 2. The molecule has 1 aromatic heterocycles. The van der Waals surface area contributed by atoms with Crippen molar-refractivity contribution in [2.24, 2.45) is 5.92 Å². The van der Waals surface area contributed by atoms with Crippen LogP contribution >= 0.6 is 0 Å². The Morgan fingerprint density at radius 3 is 2.40 bits per heavy atom. The third-order valence-electron chi connectivity index (χ3n) is 7.43. The van der Waals surface area contributed by atoms with Crippen LogP contribution in [0.2, 0.25) is 0 Å². The molecule has 10 heteroatoms. The SMILES string of the molecule is CCOC(=O)CNC(=O)NCc1ccc([C@H]2O[C@@H](Cn3cnc4ccccc43)[C@@H](C)[C@@H](c3ccc(CO)cc3)O2)cc1. The molecule has 0 aliphatic carbocycles. The van der Waals surface area contributed by atoms with Gasteiger partial charge < -0.3 is 34.5 Å². The minimum Gasteiger partial charge on any atom is -0.465 e. The zero-order valence-corrected chi connectivity index (χ0v) is 23.7. The molecule has 1 aliphatic heterocycles. The van der Waals surface area contributed by atoms with Crippen molar-refractivity contribution in [3.8, 4) is 0 Å². The van der Waals surface area contributed by atoms with Crippen molar-refractivity contribution >= 4 is 23.0 Å². The fourth-order valence-corrected chi connectivity index (χ4v) is 5.08. The van der Waals surface area contributed by atoms with E-state index in [4.69, 9.17) is 14.2 Å². The fraction of sp³-hybridized carbons (Fsp3) is 0.344. The van der Waals surface area contributed by atoms with Gasteiger partial charge in [0, 0.05) is 18.0 Å². The summed E-state index contributed by atoms with van der Waals surface area (Å²) in [6.45, 7) is 4.80. The summed E-state index contributed by atoms with van der Waals surface area (Å²) in [5.74, 6) is -0.458. The maximum Gasteiger partial charge on any atom is 0.325 e. The van der Waals surface area contributed by atoms with E-state index in [0.717, 1.165) is 33.3 Å². The average molecular weight is 573 g/mol. The summed E-state index contributed by atoms with van der Waals surface area (Å²) in [6.07, 6.45) is 0.827. The Hall–Kier alpha value is -4.25. The Morgan fingerprint density at radius 2 is 1.67 bits per heavy atom. The monoisotopic (exact) mass is 572 g/mol. The summed E-state index contributed by atoms with van der Waals surface area (Å²) in [7, 11) is 0. The van der Waals surface area contributed by atoms with E-state index in [-0.39, 0.29) is 44.4 Å². The van der Waals surface area contributed by atoms with Crippen LogP contribution in [0.4, 0.5) is 4.79 Å². The maximum absolute atomic E-state index is 12.0. The van der Waals surface area contributed by atoms with Crippen LogP contribution in [0, 0.1) is 5.92 Å². The van der Waals surface area contributed by atoms with Gasteiger partial charge in [0.1, 0.15) is 6.54 Å². The van der Waals surface area contributed by atoms with Crippen molar-refractivity contribution in [3.05, 3.63) is 101 Å². The molecule has 5 rings (SSSR count). The van der Waals surface area contributed by atoms with Crippen LogP contribution in [0.5, 0.6) is 0 Å². The van der Waals surface area contributed by atoms with E-state index in [9.17, 15) is 14.7 Å². The molecule has 0 saturated carbocycles. The molecule has 220 valence electrons. The predicted octanol–water partition coefficient (Wildman–Crippen LogP) is 4.38. The lowest BCUT2D eigenvalue weighted by atomic mass is 9.90. The lowest BCUT2D eigenvalue weighted by Gasteiger charge is -2.41. The third kappa shape index (κ3) is 6.96. The molecule has 0 spiro atoms. The van der Waals surface area contributed by atoms with Gasteiger partial charge in [0.2, 0.25) is 0 Å². The number of hydrogen-bond donors (Lipinski definition) is 3. The summed E-state index contributed by atoms with van der Waals surface area (Å²) >= 11 is 0. The number of aromatic nitrogens is 2. The first-order chi connectivity index (χ1) is 20.4. The van der Waals surface area contributed by atoms with Crippen LogP contribution in [-0.2, 0) is 38.7 Å². The van der Waals surface area contributed by atoms with Crippen molar-refractivity contribution in [1.29, 1.82) is 0 Å². The highest BCUT2D eigenvalue weighted by Gasteiger charge is 2.38. The third-order valence-corrected chi connectivity index (χ3v) is 7.43. The van der Waals surface area contributed by atoms with Crippen molar-refractivity contribution in [3.63, 3.8) is 0 Å². The fourth-order valence-electron chi connectivity index (χ4n) is 5.08. The van der Waals surface area contributed by atoms with Gasteiger partial charge >= 0.3 is 12.0 Å². The highest BCUT2D eigenvalue weighted by atomic mass is 16.7. The molecular formula is C32H36N4O6. The average Bonchev–Trinajstić information content (AvgIpc) is 3.43. The van der Waals surface area contributed by atoms with Gasteiger partial charge in [-0.25, -0.2) is 9.78 Å². The number of fused-ring (bicyclic) bond motifs is 1. The molecule has 1 aliphatic rings. The molecule has 0 radical (unpaired) electrons. The van der Waals surface area contributed by atoms with Crippen molar-refractivity contribution in [2.75, 3.05) is 13.2 Å². The number of urea groups is 1. The van der Waals surface area contributed by atoms with Crippen molar-refractivity contribution < 1.29 is 28.9 Å². The first kappa shape index (κ1) is 29.2. The maximum atomic E-state index is 12.0. The number of carbonyl (C=O) groups is 2. The highest BCUT2D eigenvalue weighted by Crippen LogP contribution is 2.42. The quantitative estimate of drug-likeness (QED) is 0.241. The van der Waals surface area contributed by atoms with Crippen LogP contribution in [0.15, 0.2) is 79.1 Å². The summed E-state index contributed by atoms with van der Waals surface area (Å²) in [4.78, 5) is 28.0. The first-order valence-electron chi connectivity index (χ1n) is 14.1. The van der Waals surface area contributed by atoms with Crippen LogP contribution in [-0.4, -0.2) is 45.9 Å². The van der Waals surface area contributed by atoms with Gasteiger partial charge in [0.15, 0.2) is 6.29 Å². The Balaban J connectivity index is 1.30. The zero-order valence-electron chi connectivity index (χ0n) is 23.7. The molecule has 3 aromatic carbocycles. The number of nitrogens with one attached hydrogen (secondary N) is 2. The van der Waals surface area contributed by atoms with E-state index in [2.05, 4.69) is 33.2 Å². The molecule has 1 saturated heterocycles. The highest BCUT2D eigenvalue weighted by molar-refractivity contribution is 5.80. The second-order valence-corrected chi connectivity index (χ2v) is 10.3. The van der Waals surface area contributed by atoms with Crippen LogP contribution in [0.25, 0.3) is 11.0 Å². The largest absolute Gasteiger partial charge is 0.465 e. The number of ether oxygens (including phenoxy) is 3. The Labute approximate surface area is 244 Å². The predicted molar refractivity (Wildman–Crippen MR) is 156 cm³/mol. The van der Waals surface area contributed by atoms with Gasteiger partial charge in [-0.1, -0.05) is 67.6 Å². The van der Waals surface area contributed by atoms with Gasteiger partial charge in [-0.15, -0.1) is 0 Å². The van der Waals surface area contributed by atoms with Crippen LogP contribution in [0.1, 0.15) is 48.5 Å². The number of esters is 1. The second-order valence-electron chi connectivity index (χ2n) is 10.3. The molecule has 0 bridgehead atoms. The second kappa shape index (κ2) is 13.6. The van der Waals surface area contributed by atoms with E-state index in [1.807, 2.05) is 73.1 Å². The minimum absolute atomic E-state index is 0.0162. The molecule has 42 heavy (non-hydrogen) atoms. The molecule has 2 amide bonds. The van der Waals surface area contributed by atoms with Crippen molar-refractivity contribution in [2.45, 2.75) is 52.0 Å². The molecule has 10 nitrogen and oxygen atoms in total. The lowest BCUT2D eigenvalue weighted by molar-refractivity contribution is -0.276. The summed E-state index contributed by atoms with van der Waals surface area (Å²) in [5.41, 5.74) is 5.58. The lowest BCUT2D eigenvalue weighted by Crippen LogP contribution is -2.39. The number of aliphatic hydroxyl groups excluding tert-OH is 1. The number of carbonyl (C=O) groups excluding carboxylic acids is 2. The summed E-state index contributed by atoms with van der Waals surface area (Å²) in [6, 6.07) is 23.1. The molecular weight excluding hydrogens is 536 g/mol. The van der Waals surface area contributed by atoms with Crippen molar-refractivity contribution in [1.82, 2.24) is 20.2 Å². The van der Waals surface area contributed by atoms with E-state index in [1.54, 1.807) is 6.92 Å². The number of rotatable bonds is 10. The topological polar surface area (TPSA) is 124 Å². The Morgan fingerprint density at radius 1 is 0.952 bits per heavy atom. The molecule has 1 fully saturated rings. The number of aliphatic hydroxyl groups is 1. The number of imidazole rings is 1. The summed E-state index contributed by atoms with van der Waals surface area (Å²) < 4.78 is 20.1. The minimum atomic E-state index is -0.613. The normalized spacial score (nSPS) is 20.3. The van der Waals surface area contributed by atoms with Gasteiger partial charge in [0.05, 0.1) is 49.3 Å². The van der Waals surface area contributed by atoms with E-state index in [1.165, 1.54) is 0 Å². The number of hydrogen-bond acceptors (Lipinski definition) is 7. The molecule has 0 unspecified atom stereocenters. The number of benzene rings is 3. The van der Waals surface area contributed by atoms with Gasteiger partial charge in [0.25, 0.3) is 0 Å². The molecule has 4 atom stereocenters. The smallest absolute Gasteiger partial charge is 0.325 e. The van der Waals surface area contributed by atoms with Gasteiger partial charge in [-0.2, -0.15) is 0 Å². The molecule has 4 aromatic rings. The summed E-state index contributed by atoms with van der Waals surface area (Å²) in [5, 5.41) is 14.7. The number of amides is 2. The zero-order chi connectivity index (χ0) is 29.5. The standard InChI is InChI=1S/C32H36N4O6/c1-3-40-29(38)17-34-32(39)33-16-22-8-14-25(15-9-22)31-41-28(18-36-20-35-26-6-4-5-7-27(26)36)21(2)30(42-31)24-12-10-23(19-37)11-13-24/h4-15,20-21,28,30-31,37H,3,16-19H2,1-2H3,(H2,33,34,39)/t21-,28+,30+,31+/m1/s1.